The molecule has 0 bridgehead atoms. The number of aromatic nitrogens is 2. The quantitative estimate of drug-likeness (QED) is 0.907. The Morgan fingerprint density at radius 1 is 1.37 bits per heavy atom. The van der Waals surface area contributed by atoms with E-state index in [1.807, 2.05) is 24.7 Å². The first kappa shape index (κ1) is 12.7. The van der Waals surface area contributed by atoms with Crippen molar-refractivity contribution >= 4 is 11.6 Å². The summed E-state index contributed by atoms with van der Waals surface area (Å²) in [6.45, 7) is 3.16. The molecule has 0 radical (unpaired) electrons. The number of hydrogen-bond acceptors (Lipinski definition) is 2. The van der Waals surface area contributed by atoms with E-state index < -0.39 is 0 Å². The molecule has 1 atom stereocenters. The molecule has 1 aliphatic rings. The number of imidazole rings is 1. The van der Waals surface area contributed by atoms with Gasteiger partial charge in [-0.25, -0.2) is 4.98 Å². The standard InChI is InChI=1S/C15H18ClN3/c1-11-5-6-12(16)14(8-11)19-10-17-9-15(19)13-4-2-3-7-18-13/h5-6,8-10,13,18H,2-4,7H2,1H3. The summed E-state index contributed by atoms with van der Waals surface area (Å²) in [6.07, 6.45) is 7.49. The highest BCUT2D eigenvalue weighted by atomic mass is 35.5. The number of rotatable bonds is 2. The lowest BCUT2D eigenvalue weighted by Crippen LogP contribution is -2.28. The number of piperidine rings is 1. The van der Waals surface area contributed by atoms with E-state index in [0.717, 1.165) is 23.7 Å². The number of nitrogens with one attached hydrogen (secondary N) is 1. The van der Waals surface area contributed by atoms with Gasteiger partial charge in [0.1, 0.15) is 0 Å². The third kappa shape index (κ3) is 2.53. The molecule has 2 heterocycles. The van der Waals surface area contributed by atoms with Crippen LogP contribution in [0.3, 0.4) is 0 Å². The molecular weight excluding hydrogens is 258 g/mol. The summed E-state index contributed by atoms with van der Waals surface area (Å²) in [4.78, 5) is 4.31. The van der Waals surface area contributed by atoms with E-state index in [4.69, 9.17) is 11.6 Å². The van der Waals surface area contributed by atoms with Crippen molar-refractivity contribution in [3.63, 3.8) is 0 Å². The molecule has 4 heteroatoms. The maximum Gasteiger partial charge on any atom is 0.0995 e. The smallest absolute Gasteiger partial charge is 0.0995 e. The predicted octanol–water partition coefficient (Wildman–Crippen LogP) is 3.65. The van der Waals surface area contributed by atoms with Gasteiger partial charge in [0.05, 0.1) is 28.9 Å². The summed E-state index contributed by atoms with van der Waals surface area (Å²) in [5.74, 6) is 0. The van der Waals surface area contributed by atoms with E-state index in [-0.39, 0.29) is 0 Å². The fraction of sp³-hybridized carbons (Fsp3) is 0.400. The Morgan fingerprint density at radius 3 is 3.05 bits per heavy atom. The van der Waals surface area contributed by atoms with Crippen LogP contribution in [0.15, 0.2) is 30.7 Å². The van der Waals surface area contributed by atoms with Gasteiger partial charge in [-0.15, -0.1) is 0 Å². The van der Waals surface area contributed by atoms with Gasteiger partial charge < -0.3 is 9.88 Å². The maximum absolute atomic E-state index is 6.33. The van der Waals surface area contributed by atoms with E-state index in [9.17, 15) is 0 Å². The molecule has 2 aromatic rings. The van der Waals surface area contributed by atoms with Crippen LogP contribution in [0.25, 0.3) is 5.69 Å². The second kappa shape index (κ2) is 5.35. The van der Waals surface area contributed by atoms with Crippen LogP contribution in [0.5, 0.6) is 0 Å². The normalized spacial score (nSPS) is 19.6. The molecule has 0 aliphatic carbocycles. The Hall–Kier alpha value is -1.32. The summed E-state index contributed by atoms with van der Waals surface area (Å²) in [5.41, 5.74) is 3.42. The monoisotopic (exact) mass is 275 g/mol. The molecule has 19 heavy (non-hydrogen) atoms. The van der Waals surface area contributed by atoms with E-state index in [2.05, 4.69) is 27.9 Å². The SMILES string of the molecule is Cc1ccc(Cl)c(-n2cncc2C2CCCCN2)c1. The van der Waals surface area contributed by atoms with Crippen LogP contribution in [0.1, 0.15) is 36.6 Å². The molecule has 1 aliphatic heterocycles. The van der Waals surface area contributed by atoms with Crippen LogP contribution < -0.4 is 5.32 Å². The molecule has 1 aromatic carbocycles. The van der Waals surface area contributed by atoms with Gasteiger partial charge in [-0.1, -0.05) is 24.1 Å². The molecule has 3 rings (SSSR count). The molecule has 100 valence electrons. The zero-order valence-electron chi connectivity index (χ0n) is 11.1. The predicted molar refractivity (Wildman–Crippen MR) is 77.9 cm³/mol. The Balaban J connectivity index is 2.01. The van der Waals surface area contributed by atoms with Gasteiger partial charge in [-0.2, -0.15) is 0 Å². The molecule has 0 saturated carbocycles. The second-order valence-corrected chi connectivity index (χ2v) is 5.55. The molecular formula is C15H18ClN3. The molecule has 0 amide bonds. The molecule has 1 fully saturated rings. The van der Waals surface area contributed by atoms with Crippen LogP contribution in [0, 0.1) is 6.92 Å². The number of aryl methyl sites for hydroxylation is 1. The van der Waals surface area contributed by atoms with Gasteiger partial charge >= 0.3 is 0 Å². The minimum atomic E-state index is 0.382. The van der Waals surface area contributed by atoms with Crippen molar-refractivity contribution in [2.45, 2.75) is 32.2 Å². The fourth-order valence-electron chi connectivity index (χ4n) is 2.68. The van der Waals surface area contributed by atoms with Crippen molar-refractivity contribution in [1.82, 2.24) is 14.9 Å². The number of hydrogen-bond donors (Lipinski definition) is 1. The number of halogens is 1. The van der Waals surface area contributed by atoms with Gasteiger partial charge in [0.2, 0.25) is 0 Å². The number of benzene rings is 1. The van der Waals surface area contributed by atoms with E-state index in [1.165, 1.54) is 24.1 Å². The lowest BCUT2D eigenvalue weighted by atomic mass is 10.0. The van der Waals surface area contributed by atoms with Crippen LogP contribution in [0.2, 0.25) is 5.02 Å². The molecule has 1 aromatic heterocycles. The highest BCUT2D eigenvalue weighted by molar-refractivity contribution is 6.32. The zero-order valence-corrected chi connectivity index (χ0v) is 11.8. The third-order valence-corrected chi connectivity index (χ3v) is 4.02. The van der Waals surface area contributed by atoms with Crippen LogP contribution in [-0.4, -0.2) is 16.1 Å². The molecule has 1 unspecified atom stereocenters. The van der Waals surface area contributed by atoms with Gasteiger partial charge in [0.25, 0.3) is 0 Å². The minimum Gasteiger partial charge on any atom is -0.309 e. The van der Waals surface area contributed by atoms with E-state index in [0.29, 0.717) is 6.04 Å². The minimum absolute atomic E-state index is 0.382. The molecule has 3 nitrogen and oxygen atoms in total. The summed E-state index contributed by atoms with van der Waals surface area (Å²) in [6, 6.07) is 6.47. The molecule has 0 spiro atoms. The Morgan fingerprint density at radius 2 is 2.26 bits per heavy atom. The molecule has 1 N–H and O–H groups in total. The van der Waals surface area contributed by atoms with Crippen molar-refractivity contribution in [2.75, 3.05) is 6.54 Å². The Kier molecular flexibility index (Phi) is 3.58. The fourth-order valence-corrected chi connectivity index (χ4v) is 2.88. The van der Waals surface area contributed by atoms with Gasteiger partial charge in [-0.05, 0) is 44.0 Å². The van der Waals surface area contributed by atoms with Gasteiger partial charge in [0.15, 0.2) is 0 Å². The summed E-state index contributed by atoms with van der Waals surface area (Å²) < 4.78 is 2.11. The summed E-state index contributed by atoms with van der Waals surface area (Å²) in [7, 11) is 0. The largest absolute Gasteiger partial charge is 0.309 e. The van der Waals surface area contributed by atoms with Gasteiger partial charge in [-0.3, -0.25) is 0 Å². The first-order chi connectivity index (χ1) is 9.25. The maximum atomic E-state index is 6.33. The highest BCUT2D eigenvalue weighted by Crippen LogP contribution is 2.28. The number of nitrogens with zero attached hydrogens (tertiary/aromatic N) is 2. The van der Waals surface area contributed by atoms with Crippen LogP contribution >= 0.6 is 11.6 Å². The van der Waals surface area contributed by atoms with Crippen molar-refractivity contribution in [3.8, 4) is 5.69 Å². The topological polar surface area (TPSA) is 29.9 Å². The van der Waals surface area contributed by atoms with E-state index in [1.54, 1.807) is 0 Å². The van der Waals surface area contributed by atoms with E-state index >= 15 is 0 Å². The average molecular weight is 276 g/mol. The van der Waals surface area contributed by atoms with Crippen molar-refractivity contribution in [3.05, 3.63) is 47.0 Å². The zero-order chi connectivity index (χ0) is 13.2. The first-order valence-electron chi connectivity index (χ1n) is 6.78. The van der Waals surface area contributed by atoms with Crippen LogP contribution in [0.4, 0.5) is 0 Å². The summed E-state index contributed by atoms with van der Waals surface area (Å²) in [5, 5.41) is 4.33. The van der Waals surface area contributed by atoms with Crippen molar-refractivity contribution in [1.29, 1.82) is 0 Å². The molecule has 1 saturated heterocycles. The Labute approximate surface area is 118 Å². The average Bonchev–Trinajstić information content (AvgIpc) is 2.91. The van der Waals surface area contributed by atoms with Gasteiger partial charge in [0, 0.05) is 6.04 Å². The van der Waals surface area contributed by atoms with Crippen molar-refractivity contribution in [2.24, 2.45) is 0 Å². The lowest BCUT2D eigenvalue weighted by Gasteiger charge is -2.24. The second-order valence-electron chi connectivity index (χ2n) is 5.15. The van der Waals surface area contributed by atoms with Crippen molar-refractivity contribution < 1.29 is 0 Å². The first-order valence-corrected chi connectivity index (χ1v) is 7.15. The lowest BCUT2D eigenvalue weighted by molar-refractivity contribution is 0.402. The Bertz CT molecular complexity index is 571. The highest BCUT2D eigenvalue weighted by Gasteiger charge is 2.19. The van der Waals surface area contributed by atoms with Crippen LogP contribution in [-0.2, 0) is 0 Å². The summed E-state index contributed by atoms with van der Waals surface area (Å²) >= 11 is 6.33. The third-order valence-electron chi connectivity index (χ3n) is 3.70.